The Hall–Kier alpha value is -1.70. The second-order valence-electron chi connectivity index (χ2n) is 5.71. The Morgan fingerprint density at radius 2 is 2.08 bits per heavy atom. The topological polar surface area (TPSA) is 53.9 Å². The lowest BCUT2D eigenvalue weighted by Crippen LogP contribution is -2.39. The van der Waals surface area contributed by atoms with Gasteiger partial charge in [-0.1, -0.05) is 12.2 Å². The summed E-state index contributed by atoms with van der Waals surface area (Å²) in [6.07, 6.45) is 4.23. The molecule has 0 fully saturated rings. The third kappa shape index (κ3) is 6.43. The van der Waals surface area contributed by atoms with Crippen molar-refractivity contribution in [1.82, 2.24) is 10.2 Å². The first-order chi connectivity index (χ1) is 11.1. The van der Waals surface area contributed by atoms with Gasteiger partial charge in [0.25, 0.3) is 0 Å². The molecule has 0 radical (unpaired) electrons. The van der Waals surface area contributed by atoms with Crippen LogP contribution in [-0.2, 0) is 13.0 Å². The molecule has 2 aromatic rings. The van der Waals surface area contributed by atoms with Crippen molar-refractivity contribution in [3.05, 3.63) is 60.0 Å². The Bertz CT molecular complexity index is 647. The smallest absolute Gasteiger partial charge is 0.194 e. The number of nitrogens with one attached hydrogen (secondary N) is 1. The highest BCUT2D eigenvalue weighted by Crippen LogP contribution is 2.11. The molecular weight excluding hydrogens is 417 g/mol. The summed E-state index contributed by atoms with van der Waals surface area (Å²) >= 11 is 0. The molecule has 132 valence electrons. The first-order valence-electron chi connectivity index (χ1n) is 7.75. The van der Waals surface area contributed by atoms with E-state index in [0.29, 0.717) is 6.54 Å². The maximum Gasteiger partial charge on any atom is 0.194 e. The summed E-state index contributed by atoms with van der Waals surface area (Å²) in [6, 6.07) is 5.87. The number of hydrogen-bond donors (Lipinski definition) is 1. The van der Waals surface area contributed by atoms with Crippen LogP contribution in [-0.4, -0.2) is 31.0 Å². The number of halogens is 1. The van der Waals surface area contributed by atoms with E-state index in [1.165, 1.54) is 0 Å². The fourth-order valence-corrected chi connectivity index (χ4v) is 2.18. The standard InChI is InChI=1S/C18H25N3O2.HI/c1-14(2)12-20-18(19-9-7-17-6-5-10-23-17)21(4)13-16-8-11-22-15(16)3;/h5-6,8,10-11H,1,7,9,12-13H2,2-4H3,(H,19,20);1H. The minimum Gasteiger partial charge on any atom is -0.469 e. The van der Waals surface area contributed by atoms with E-state index in [2.05, 4.69) is 21.8 Å². The van der Waals surface area contributed by atoms with Crippen molar-refractivity contribution < 1.29 is 8.83 Å². The van der Waals surface area contributed by atoms with Gasteiger partial charge < -0.3 is 19.1 Å². The van der Waals surface area contributed by atoms with Gasteiger partial charge in [0.1, 0.15) is 11.5 Å². The molecule has 0 spiro atoms. The van der Waals surface area contributed by atoms with Crippen molar-refractivity contribution in [2.45, 2.75) is 26.8 Å². The third-order valence-corrected chi connectivity index (χ3v) is 3.47. The number of hydrogen-bond acceptors (Lipinski definition) is 3. The summed E-state index contributed by atoms with van der Waals surface area (Å²) in [6.45, 7) is 9.97. The van der Waals surface area contributed by atoms with Gasteiger partial charge in [-0.05, 0) is 32.0 Å². The van der Waals surface area contributed by atoms with E-state index >= 15 is 0 Å². The Morgan fingerprint density at radius 1 is 1.29 bits per heavy atom. The molecule has 2 aromatic heterocycles. The number of furan rings is 2. The van der Waals surface area contributed by atoms with Crippen molar-refractivity contribution in [2.75, 3.05) is 20.1 Å². The van der Waals surface area contributed by atoms with E-state index in [1.54, 1.807) is 12.5 Å². The molecule has 0 aliphatic carbocycles. The van der Waals surface area contributed by atoms with Crippen LogP contribution in [0.3, 0.4) is 0 Å². The van der Waals surface area contributed by atoms with Crippen LogP contribution < -0.4 is 5.32 Å². The van der Waals surface area contributed by atoms with E-state index in [1.807, 2.05) is 39.1 Å². The number of aliphatic imine (C=N–C) groups is 1. The summed E-state index contributed by atoms with van der Waals surface area (Å²) in [4.78, 5) is 6.71. The third-order valence-electron chi connectivity index (χ3n) is 3.47. The highest BCUT2D eigenvalue weighted by atomic mass is 127. The molecule has 6 heteroatoms. The van der Waals surface area contributed by atoms with Crippen molar-refractivity contribution in [3.63, 3.8) is 0 Å². The van der Waals surface area contributed by atoms with Crippen molar-refractivity contribution in [3.8, 4) is 0 Å². The van der Waals surface area contributed by atoms with Crippen LogP contribution in [0.15, 0.2) is 56.7 Å². The lowest BCUT2D eigenvalue weighted by atomic mass is 10.2. The average molecular weight is 443 g/mol. The zero-order chi connectivity index (χ0) is 16.7. The lowest BCUT2D eigenvalue weighted by Gasteiger charge is -2.22. The molecule has 5 nitrogen and oxygen atoms in total. The van der Waals surface area contributed by atoms with Gasteiger partial charge in [-0.2, -0.15) is 0 Å². The van der Waals surface area contributed by atoms with Gasteiger partial charge in [0.15, 0.2) is 5.96 Å². The van der Waals surface area contributed by atoms with Gasteiger partial charge in [-0.25, -0.2) is 4.99 Å². The molecule has 2 rings (SSSR count). The average Bonchev–Trinajstić information content (AvgIpc) is 3.15. The Balaban J connectivity index is 0.00000288. The van der Waals surface area contributed by atoms with Crippen LogP contribution in [0.25, 0.3) is 0 Å². The fraction of sp³-hybridized carbons (Fsp3) is 0.389. The zero-order valence-corrected chi connectivity index (χ0v) is 16.9. The first kappa shape index (κ1) is 20.3. The lowest BCUT2D eigenvalue weighted by molar-refractivity contribution is 0.459. The molecule has 0 aromatic carbocycles. The van der Waals surface area contributed by atoms with Crippen molar-refractivity contribution in [1.29, 1.82) is 0 Å². The predicted molar refractivity (Wildman–Crippen MR) is 108 cm³/mol. The van der Waals surface area contributed by atoms with Crippen LogP contribution in [0, 0.1) is 6.92 Å². The maximum atomic E-state index is 5.36. The highest BCUT2D eigenvalue weighted by molar-refractivity contribution is 14.0. The highest BCUT2D eigenvalue weighted by Gasteiger charge is 2.10. The minimum absolute atomic E-state index is 0. The number of guanidine groups is 1. The number of rotatable bonds is 7. The van der Waals surface area contributed by atoms with Gasteiger partial charge in [0, 0.05) is 32.1 Å². The Kier molecular flexibility index (Phi) is 8.67. The van der Waals surface area contributed by atoms with E-state index in [9.17, 15) is 0 Å². The van der Waals surface area contributed by atoms with Gasteiger partial charge in [-0.15, -0.1) is 24.0 Å². The summed E-state index contributed by atoms with van der Waals surface area (Å²) in [5.74, 6) is 2.75. The molecule has 24 heavy (non-hydrogen) atoms. The molecule has 0 aliphatic heterocycles. The van der Waals surface area contributed by atoms with Gasteiger partial charge in [0.05, 0.1) is 19.1 Å². The summed E-state index contributed by atoms with van der Waals surface area (Å²) < 4.78 is 10.7. The number of nitrogens with zero attached hydrogens (tertiary/aromatic N) is 2. The second-order valence-corrected chi connectivity index (χ2v) is 5.71. The Labute approximate surface area is 160 Å². The summed E-state index contributed by atoms with van der Waals surface area (Å²) in [5.41, 5.74) is 2.19. The second kappa shape index (κ2) is 10.2. The molecule has 0 saturated carbocycles. The molecule has 0 aliphatic rings. The largest absolute Gasteiger partial charge is 0.469 e. The number of aryl methyl sites for hydroxylation is 1. The van der Waals surface area contributed by atoms with Crippen LogP contribution in [0.5, 0.6) is 0 Å². The minimum atomic E-state index is 0. The molecular formula is C18H26IN3O2. The van der Waals surface area contributed by atoms with E-state index in [0.717, 1.165) is 48.1 Å². The van der Waals surface area contributed by atoms with Crippen LogP contribution in [0.4, 0.5) is 0 Å². The first-order valence-corrected chi connectivity index (χ1v) is 7.75. The van der Waals surface area contributed by atoms with Gasteiger partial charge in [-0.3, -0.25) is 0 Å². The molecule has 0 saturated heterocycles. The zero-order valence-electron chi connectivity index (χ0n) is 14.5. The molecule has 0 bridgehead atoms. The van der Waals surface area contributed by atoms with E-state index in [-0.39, 0.29) is 24.0 Å². The van der Waals surface area contributed by atoms with Gasteiger partial charge >= 0.3 is 0 Å². The van der Waals surface area contributed by atoms with E-state index in [4.69, 9.17) is 8.83 Å². The maximum absolute atomic E-state index is 5.36. The van der Waals surface area contributed by atoms with Crippen molar-refractivity contribution in [2.24, 2.45) is 4.99 Å². The summed E-state index contributed by atoms with van der Waals surface area (Å²) in [5, 5.41) is 3.39. The molecule has 1 N–H and O–H groups in total. The molecule has 0 amide bonds. The molecule has 2 heterocycles. The van der Waals surface area contributed by atoms with E-state index < -0.39 is 0 Å². The van der Waals surface area contributed by atoms with Crippen molar-refractivity contribution >= 4 is 29.9 Å². The van der Waals surface area contributed by atoms with Gasteiger partial charge in [0.2, 0.25) is 0 Å². The van der Waals surface area contributed by atoms with Crippen LogP contribution in [0.2, 0.25) is 0 Å². The fourth-order valence-electron chi connectivity index (χ4n) is 2.18. The molecule has 0 unspecified atom stereocenters. The van der Waals surface area contributed by atoms with Crippen LogP contribution >= 0.6 is 24.0 Å². The van der Waals surface area contributed by atoms with Crippen LogP contribution in [0.1, 0.15) is 24.0 Å². The summed E-state index contributed by atoms with van der Waals surface area (Å²) in [7, 11) is 2.02. The SMILES string of the molecule is C=C(C)CN=C(NCCc1ccco1)N(C)Cc1ccoc1C.I. The Morgan fingerprint density at radius 3 is 2.67 bits per heavy atom. The predicted octanol–water partition coefficient (Wildman–Crippen LogP) is 4.00. The monoisotopic (exact) mass is 443 g/mol. The molecule has 0 atom stereocenters. The normalized spacial score (nSPS) is 11.0. The quantitative estimate of drug-likeness (QED) is 0.304.